The molecule has 1 N–H and O–H groups in total. The van der Waals surface area contributed by atoms with E-state index in [0.717, 1.165) is 80.8 Å². The number of benzene rings is 2. The molecule has 0 saturated carbocycles. The molecule has 0 amide bonds. The summed E-state index contributed by atoms with van der Waals surface area (Å²) in [5.41, 5.74) is 6.19. The Hall–Kier alpha value is -3.25. The van der Waals surface area contributed by atoms with Gasteiger partial charge in [0.2, 0.25) is 0 Å². The summed E-state index contributed by atoms with van der Waals surface area (Å²) in [4.78, 5) is 17.0. The molecule has 4 aromatic heterocycles. The van der Waals surface area contributed by atoms with Crippen molar-refractivity contribution in [2.45, 2.75) is 100 Å². The van der Waals surface area contributed by atoms with Crippen LogP contribution < -0.4 is 0 Å². The van der Waals surface area contributed by atoms with E-state index in [1.54, 1.807) is 17.6 Å². The molecule has 48 heavy (non-hydrogen) atoms. The van der Waals surface area contributed by atoms with Crippen LogP contribution in [0.5, 0.6) is 0 Å². The van der Waals surface area contributed by atoms with Crippen LogP contribution in [-0.2, 0) is 30.3 Å². The number of nitrogens with zero attached hydrogens (tertiary/aromatic N) is 1. The third-order valence-electron chi connectivity index (χ3n) is 10.4. The van der Waals surface area contributed by atoms with E-state index < -0.39 is 0 Å². The summed E-state index contributed by atoms with van der Waals surface area (Å²) in [6.07, 6.45) is 8.37. The normalized spacial score (nSPS) is 12.8. The molecule has 257 valence electrons. The fourth-order valence-corrected chi connectivity index (χ4v) is 7.08. The van der Waals surface area contributed by atoms with E-state index in [9.17, 15) is 9.90 Å². The van der Waals surface area contributed by atoms with Crippen LogP contribution in [0.1, 0.15) is 99.1 Å². The number of pyridine rings is 1. The number of aliphatic hydroxyl groups excluding tert-OH is 1. The molecule has 0 unspecified atom stereocenters. The van der Waals surface area contributed by atoms with Gasteiger partial charge >= 0.3 is 0 Å². The van der Waals surface area contributed by atoms with Crippen molar-refractivity contribution in [3.63, 3.8) is 0 Å². The van der Waals surface area contributed by atoms with Crippen LogP contribution in [0.25, 0.3) is 54.3 Å². The molecule has 6 aromatic rings. The number of aromatic nitrogens is 1. The SMILES string of the molecule is CCC(C)(CC)C(=O)/C=C(\O)C(C)(CC)CC.Cc1coc2c1ccc1oc3ccnc(-c4[c-]c5ccsc5c(C(C)(C)C)c4)c3c12.[Ir]. The zero-order valence-electron chi connectivity index (χ0n) is 29.9. The van der Waals surface area contributed by atoms with Crippen LogP contribution in [0.2, 0.25) is 0 Å². The Morgan fingerprint density at radius 3 is 2.21 bits per heavy atom. The van der Waals surface area contributed by atoms with Crippen molar-refractivity contribution in [1.29, 1.82) is 0 Å². The van der Waals surface area contributed by atoms with Gasteiger partial charge in [-0.2, -0.15) is 11.3 Å². The van der Waals surface area contributed by atoms with Crippen LogP contribution in [0, 0.1) is 23.8 Å². The molecule has 7 heteroatoms. The number of fused-ring (bicyclic) bond motifs is 6. The van der Waals surface area contributed by atoms with Gasteiger partial charge in [0.05, 0.1) is 11.6 Å². The van der Waals surface area contributed by atoms with Crippen LogP contribution in [-0.4, -0.2) is 15.9 Å². The van der Waals surface area contributed by atoms with Crippen LogP contribution >= 0.6 is 11.3 Å². The second kappa shape index (κ2) is 14.3. The van der Waals surface area contributed by atoms with Gasteiger partial charge in [-0.1, -0.05) is 73.4 Å². The fourth-order valence-electron chi connectivity index (χ4n) is 6.00. The number of hydrogen-bond donors (Lipinski definition) is 1. The molecule has 0 saturated heterocycles. The summed E-state index contributed by atoms with van der Waals surface area (Å²) >= 11 is 1.77. The molecule has 0 atom stereocenters. The molecule has 4 heterocycles. The number of carbonyl (C=O) groups is 1. The molecule has 0 aliphatic rings. The van der Waals surface area contributed by atoms with Crippen molar-refractivity contribution in [2.75, 3.05) is 0 Å². The van der Waals surface area contributed by atoms with E-state index in [2.05, 4.69) is 57.3 Å². The van der Waals surface area contributed by atoms with Gasteiger partial charge in [-0.05, 0) is 71.9 Å². The topological polar surface area (TPSA) is 76.5 Å². The van der Waals surface area contributed by atoms with Crippen molar-refractivity contribution in [2.24, 2.45) is 10.8 Å². The standard InChI is InChI=1S/C26H20NO2S.C15H28O2.Ir/c1-14-13-28-24-17(14)5-6-19-22(24)21-20(29-19)7-9-27-23(21)16-11-15-8-10-30-25(15)18(12-16)26(2,3)4;1-7-14(5,8-2)12(16)11-13(17)15(6,9-3)10-4;/h5-10,12-13H,1-4H3;11,16H,7-10H2,1-6H3;/q-1;;/b;12-11-;. The number of thiophene rings is 1. The summed E-state index contributed by atoms with van der Waals surface area (Å²) in [7, 11) is 0. The maximum atomic E-state index is 12.2. The second-order valence-corrected chi connectivity index (χ2v) is 15.2. The Labute approximate surface area is 302 Å². The maximum Gasteiger partial charge on any atom is 0.164 e. The summed E-state index contributed by atoms with van der Waals surface area (Å²) in [5.74, 6) is 0.286. The minimum Gasteiger partial charge on any atom is -0.512 e. The Kier molecular flexibility index (Phi) is 11.2. The average molecular weight is 843 g/mol. The Balaban J connectivity index is 0.000000251. The number of furan rings is 2. The smallest absolute Gasteiger partial charge is 0.164 e. The molecular weight excluding hydrogens is 795 g/mol. The molecule has 5 nitrogen and oxygen atoms in total. The van der Waals surface area contributed by atoms with Crippen molar-refractivity contribution in [3.05, 3.63) is 77.2 Å². The number of allylic oxidation sites excluding steroid dienone is 2. The Bertz CT molecular complexity index is 2100. The number of ketones is 1. The van der Waals surface area contributed by atoms with Crippen LogP contribution in [0.15, 0.2) is 68.8 Å². The van der Waals surface area contributed by atoms with Gasteiger partial charge in [0.25, 0.3) is 0 Å². The number of rotatable bonds is 8. The van der Waals surface area contributed by atoms with Crippen molar-refractivity contribution < 1.29 is 38.8 Å². The van der Waals surface area contributed by atoms with E-state index >= 15 is 0 Å². The van der Waals surface area contributed by atoms with Gasteiger partial charge in [-0.15, -0.1) is 23.6 Å². The summed E-state index contributed by atoms with van der Waals surface area (Å²) in [6.45, 7) is 20.9. The van der Waals surface area contributed by atoms with Gasteiger partial charge in [0.15, 0.2) is 5.78 Å². The molecule has 1 radical (unpaired) electrons. The number of carbonyl (C=O) groups excluding carboxylic acids is 1. The predicted molar refractivity (Wildman–Crippen MR) is 197 cm³/mol. The molecule has 0 spiro atoms. The Morgan fingerprint density at radius 2 is 1.58 bits per heavy atom. The van der Waals surface area contributed by atoms with Gasteiger partial charge in [-0.3, -0.25) is 9.78 Å². The average Bonchev–Trinajstić information content (AvgIpc) is 3.79. The van der Waals surface area contributed by atoms with E-state index in [0.29, 0.717) is 0 Å². The number of aliphatic hydroxyl groups is 1. The summed E-state index contributed by atoms with van der Waals surface area (Å²) in [6, 6.07) is 14.0. The number of aryl methyl sites for hydroxylation is 1. The first kappa shape index (κ1) is 37.6. The summed E-state index contributed by atoms with van der Waals surface area (Å²) in [5, 5.41) is 16.5. The summed E-state index contributed by atoms with van der Waals surface area (Å²) < 4.78 is 13.4. The first-order chi connectivity index (χ1) is 22.2. The van der Waals surface area contributed by atoms with Crippen LogP contribution in [0.3, 0.4) is 0 Å². The molecule has 2 aromatic carbocycles. The number of hydrogen-bond acceptors (Lipinski definition) is 6. The predicted octanol–water partition coefficient (Wildman–Crippen LogP) is 12.7. The minimum absolute atomic E-state index is 0. The minimum atomic E-state index is -0.337. The molecule has 6 rings (SSSR count). The zero-order chi connectivity index (χ0) is 34.3. The Morgan fingerprint density at radius 1 is 0.938 bits per heavy atom. The van der Waals surface area contributed by atoms with E-state index in [4.69, 9.17) is 13.8 Å². The quantitative estimate of drug-likeness (QED) is 0.0938. The molecule has 0 aliphatic carbocycles. The monoisotopic (exact) mass is 843 g/mol. The van der Waals surface area contributed by atoms with Gasteiger partial charge < -0.3 is 13.9 Å². The largest absolute Gasteiger partial charge is 0.512 e. The van der Waals surface area contributed by atoms with Crippen molar-refractivity contribution in [3.8, 4) is 11.3 Å². The van der Waals surface area contributed by atoms with Crippen molar-refractivity contribution >= 4 is 60.1 Å². The first-order valence-electron chi connectivity index (χ1n) is 16.8. The molecule has 0 bridgehead atoms. The molecule has 0 fully saturated rings. The third kappa shape index (κ3) is 6.79. The van der Waals surface area contributed by atoms with E-state index in [-0.39, 0.29) is 47.9 Å². The molecule has 0 aliphatic heterocycles. The zero-order valence-corrected chi connectivity index (χ0v) is 33.1. The molecular formula is C41H48IrNO4S-. The second-order valence-electron chi connectivity index (χ2n) is 14.3. The maximum absolute atomic E-state index is 12.2. The van der Waals surface area contributed by atoms with Gasteiger partial charge in [-0.25, -0.2) is 0 Å². The first-order valence-corrected chi connectivity index (χ1v) is 17.7. The van der Waals surface area contributed by atoms with Crippen LogP contribution in [0.4, 0.5) is 0 Å². The third-order valence-corrected chi connectivity index (χ3v) is 11.4. The van der Waals surface area contributed by atoms with Gasteiger partial charge in [0.1, 0.15) is 22.5 Å². The fraction of sp³-hybridized carbons (Fsp3) is 0.415. The van der Waals surface area contributed by atoms with Crippen molar-refractivity contribution in [1.82, 2.24) is 4.98 Å². The van der Waals surface area contributed by atoms with E-state index in [1.807, 2.05) is 59.9 Å². The van der Waals surface area contributed by atoms with E-state index in [1.165, 1.54) is 16.3 Å². The van der Waals surface area contributed by atoms with Gasteiger partial charge in [0, 0.05) is 59.7 Å².